The molecule has 0 aliphatic heterocycles. The van der Waals surface area contributed by atoms with Gasteiger partial charge >= 0.3 is 0 Å². The summed E-state index contributed by atoms with van der Waals surface area (Å²) in [6.07, 6.45) is 1.50. The van der Waals surface area contributed by atoms with E-state index in [2.05, 4.69) is 10.4 Å². The number of hydrogen-bond acceptors (Lipinski definition) is 4. The molecule has 0 aliphatic carbocycles. The van der Waals surface area contributed by atoms with Gasteiger partial charge in [-0.2, -0.15) is 0 Å². The molecule has 126 valence electrons. The predicted molar refractivity (Wildman–Crippen MR) is 97.3 cm³/mol. The first-order valence-corrected chi connectivity index (χ1v) is 7.94. The zero-order valence-corrected chi connectivity index (χ0v) is 13.9. The molecule has 0 unspecified atom stereocenters. The Bertz CT molecular complexity index is 805. The summed E-state index contributed by atoms with van der Waals surface area (Å²) in [4.78, 5) is 16.7. The third-order valence-electron chi connectivity index (χ3n) is 3.70. The molecule has 0 saturated heterocycles. The largest absolute Gasteiger partial charge is 0.481 e. The van der Waals surface area contributed by atoms with Crippen LogP contribution in [0.15, 0.2) is 79.0 Å². The Kier molecular flexibility index (Phi) is 5.26. The molecular weight excluding hydrogens is 314 g/mol. The van der Waals surface area contributed by atoms with E-state index in [1.54, 1.807) is 19.2 Å². The fourth-order valence-electron chi connectivity index (χ4n) is 2.39. The molecular formula is C20H19N3O2. The number of anilines is 1. The van der Waals surface area contributed by atoms with Gasteiger partial charge in [0.25, 0.3) is 5.91 Å². The van der Waals surface area contributed by atoms with Gasteiger partial charge in [-0.3, -0.25) is 15.2 Å². The van der Waals surface area contributed by atoms with Gasteiger partial charge in [0.15, 0.2) is 0 Å². The number of rotatable bonds is 6. The molecule has 1 amide bonds. The van der Waals surface area contributed by atoms with Crippen molar-refractivity contribution in [2.45, 2.75) is 6.54 Å². The summed E-state index contributed by atoms with van der Waals surface area (Å²) in [5.74, 6) is 0.246. The number of methoxy groups -OCH3 is 1. The van der Waals surface area contributed by atoms with Crippen LogP contribution in [-0.2, 0) is 6.54 Å². The SMILES string of the molecule is COc1ccc(C(=O)NN(Cc2ccccc2)c2ccccc2)cn1. The molecule has 5 heteroatoms. The maximum absolute atomic E-state index is 12.6. The van der Waals surface area contributed by atoms with Crippen molar-refractivity contribution >= 4 is 11.6 Å². The fraction of sp³-hybridized carbons (Fsp3) is 0.100. The zero-order valence-electron chi connectivity index (χ0n) is 13.9. The predicted octanol–water partition coefficient (Wildman–Crippen LogP) is 3.44. The number of nitrogens with zero attached hydrogens (tertiary/aromatic N) is 2. The standard InChI is InChI=1S/C20H19N3O2/c1-25-19-13-12-17(14-21-19)20(24)22-23(18-10-6-3-7-11-18)15-16-8-4-2-5-9-16/h2-14H,15H2,1H3,(H,22,24). The number of ether oxygens (including phenoxy) is 1. The van der Waals surface area contributed by atoms with Crippen LogP contribution in [0.4, 0.5) is 5.69 Å². The molecule has 2 aromatic carbocycles. The van der Waals surface area contributed by atoms with Crippen LogP contribution in [0.25, 0.3) is 0 Å². The van der Waals surface area contributed by atoms with Crippen LogP contribution in [-0.4, -0.2) is 18.0 Å². The lowest BCUT2D eigenvalue weighted by Crippen LogP contribution is -2.42. The van der Waals surface area contributed by atoms with Crippen molar-refractivity contribution in [3.63, 3.8) is 0 Å². The molecule has 1 heterocycles. The highest BCUT2D eigenvalue weighted by molar-refractivity contribution is 5.94. The second kappa shape index (κ2) is 7.97. The van der Waals surface area contributed by atoms with Gasteiger partial charge in [0, 0.05) is 12.3 Å². The molecule has 25 heavy (non-hydrogen) atoms. The summed E-state index contributed by atoms with van der Waals surface area (Å²) in [6, 6.07) is 23.1. The van der Waals surface area contributed by atoms with E-state index in [1.165, 1.54) is 6.20 Å². The van der Waals surface area contributed by atoms with E-state index in [0.29, 0.717) is 18.0 Å². The zero-order chi connectivity index (χ0) is 17.5. The van der Waals surface area contributed by atoms with Gasteiger partial charge in [-0.05, 0) is 23.8 Å². The van der Waals surface area contributed by atoms with Gasteiger partial charge in [-0.1, -0.05) is 48.5 Å². The molecule has 0 fully saturated rings. The Morgan fingerprint density at radius 1 is 1.00 bits per heavy atom. The molecule has 0 atom stereocenters. The maximum Gasteiger partial charge on any atom is 0.271 e. The van der Waals surface area contributed by atoms with E-state index in [1.807, 2.05) is 65.7 Å². The summed E-state index contributed by atoms with van der Waals surface area (Å²) < 4.78 is 5.03. The number of aromatic nitrogens is 1. The van der Waals surface area contributed by atoms with Crippen molar-refractivity contribution in [1.82, 2.24) is 10.4 Å². The van der Waals surface area contributed by atoms with Crippen LogP contribution in [0.1, 0.15) is 15.9 Å². The Morgan fingerprint density at radius 3 is 2.28 bits per heavy atom. The average molecular weight is 333 g/mol. The number of hydrazine groups is 1. The molecule has 3 aromatic rings. The Hall–Kier alpha value is -3.34. The molecule has 0 saturated carbocycles. The number of carbonyl (C=O) groups is 1. The van der Waals surface area contributed by atoms with Gasteiger partial charge in [0.2, 0.25) is 5.88 Å². The smallest absolute Gasteiger partial charge is 0.271 e. The van der Waals surface area contributed by atoms with Crippen LogP contribution >= 0.6 is 0 Å². The number of pyridine rings is 1. The van der Waals surface area contributed by atoms with Crippen molar-refractivity contribution in [3.8, 4) is 5.88 Å². The summed E-state index contributed by atoms with van der Waals surface area (Å²) in [7, 11) is 1.54. The fourth-order valence-corrected chi connectivity index (χ4v) is 2.39. The number of carbonyl (C=O) groups excluding carboxylic acids is 1. The van der Waals surface area contributed by atoms with E-state index >= 15 is 0 Å². The monoisotopic (exact) mass is 333 g/mol. The Balaban J connectivity index is 1.80. The first-order chi connectivity index (χ1) is 12.3. The molecule has 0 spiro atoms. The van der Waals surface area contributed by atoms with Gasteiger partial charge < -0.3 is 4.74 Å². The van der Waals surface area contributed by atoms with E-state index in [-0.39, 0.29) is 5.91 Å². The first-order valence-electron chi connectivity index (χ1n) is 7.94. The van der Waals surface area contributed by atoms with Crippen LogP contribution in [0.5, 0.6) is 5.88 Å². The minimum atomic E-state index is -0.227. The van der Waals surface area contributed by atoms with Crippen molar-refractivity contribution in [2.75, 3.05) is 12.1 Å². The van der Waals surface area contributed by atoms with E-state index < -0.39 is 0 Å². The number of para-hydroxylation sites is 1. The van der Waals surface area contributed by atoms with E-state index in [9.17, 15) is 4.79 Å². The highest BCUT2D eigenvalue weighted by Crippen LogP contribution is 2.15. The van der Waals surface area contributed by atoms with Crippen LogP contribution in [0, 0.1) is 0 Å². The van der Waals surface area contributed by atoms with Crippen molar-refractivity contribution in [1.29, 1.82) is 0 Å². The van der Waals surface area contributed by atoms with Gasteiger partial charge in [-0.15, -0.1) is 0 Å². The van der Waals surface area contributed by atoms with E-state index in [0.717, 1.165) is 11.3 Å². The minimum absolute atomic E-state index is 0.227. The molecule has 0 aliphatic rings. The number of nitrogens with one attached hydrogen (secondary N) is 1. The molecule has 1 aromatic heterocycles. The Labute approximate surface area is 146 Å². The van der Waals surface area contributed by atoms with Gasteiger partial charge in [0.05, 0.1) is 24.9 Å². The maximum atomic E-state index is 12.6. The quantitative estimate of drug-likeness (QED) is 0.702. The molecule has 0 bridgehead atoms. The number of hydrogen-bond donors (Lipinski definition) is 1. The number of amides is 1. The Morgan fingerprint density at radius 2 is 1.68 bits per heavy atom. The normalized spacial score (nSPS) is 10.1. The molecule has 0 radical (unpaired) electrons. The first kappa shape index (κ1) is 16.5. The number of benzene rings is 2. The molecule has 3 rings (SSSR count). The topological polar surface area (TPSA) is 54.5 Å². The summed E-state index contributed by atoms with van der Waals surface area (Å²) in [5, 5.41) is 1.82. The second-order valence-corrected chi connectivity index (χ2v) is 5.44. The second-order valence-electron chi connectivity index (χ2n) is 5.44. The van der Waals surface area contributed by atoms with Crippen molar-refractivity contribution in [3.05, 3.63) is 90.1 Å². The summed E-state index contributed by atoms with van der Waals surface area (Å²) in [5.41, 5.74) is 5.42. The van der Waals surface area contributed by atoms with Gasteiger partial charge in [0.1, 0.15) is 0 Å². The third kappa shape index (κ3) is 4.35. The highest BCUT2D eigenvalue weighted by atomic mass is 16.5. The summed E-state index contributed by atoms with van der Waals surface area (Å²) in [6.45, 7) is 0.556. The van der Waals surface area contributed by atoms with Crippen molar-refractivity contribution < 1.29 is 9.53 Å². The van der Waals surface area contributed by atoms with Gasteiger partial charge in [-0.25, -0.2) is 4.98 Å². The van der Waals surface area contributed by atoms with Crippen LogP contribution in [0.2, 0.25) is 0 Å². The summed E-state index contributed by atoms with van der Waals surface area (Å²) >= 11 is 0. The van der Waals surface area contributed by atoms with Crippen LogP contribution < -0.4 is 15.2 Å². The van der Waals surface area contributed by atoms with Crippen molar-refractivity contribution in [2.24, 2.45) is 0 Å². The molecule has 5 nitrogen and oxygen atoms in total. The lowest BCUT2D eigenvalue weighted by Gasteiger charge is -2.25. The van der Waals surface area contributed by atoms with E-state index in [4.69, 9.17) is 4.74 Å². The average Bonchev–Trinajstić information content (AvgIpc) is 2.69. The molecule has 1 N–H and O–H groups in total. The van der Waals surface area contributed by atoms with Crippen LogP contribution in [0.3, 0.4) is 0 Å². The lowest BCUT2D eigenvalue weighted by molar-refractivity contribution is 0.0947. The third-order valence-corrected chi connectivity index (χ3v) is 3.70. The lowest BCUT2D eigenvalue weighted by atomic mass is 10.2. The highest BCUT2D eigenvalue weighted by Gasteiger charge is 2.13. The minimum Gasteiger partial charge on any atom is -0.481 e.